The first kappa shape index (κ1) is 12.8. The minimum absolute atomic E-state index is 0.0272. The first-order valence-electron chi connectivity index (χ1n) is 6.91. The number of rotatable bonds is 3. The molecular formula is C13H25N3O. The summed E-state index contributed by atoms with van der Waals surface area (Å²) in [6, 6.07) is 1.01. The molecule has 0 bridgehead atoms. The standard InChI is InChI=1S/C13H25N3O/c1-9(13(17)15-14)10(2)16-8-7-11-5-3-4-6-12(11)16/h9-12H,3-8,14H2,1-2H3,(H,15,17). The normalized spacial score (nSPS) is 32.9. The van der Waals surface area contributed by atoms with Crippen LogP contribution in [0, 0.1) is 11.8 Å². The van der Waals surface area contributed by atoms with Gasteiger partial charge < -0.3 is 0 Å². The fourth-order valence-electron chi connectivity index (χ4n) is 3.59. The highest BCUT2D eigenvalue weighted by atomic mass is 16.2. The first-order chi connectivity index (χ1) is 8.15. The summed E-state index contributed by atoms with van der Waals surface area (Å²) >= 11 is 0. The lowest BCUT2D eigenvalue weighted by Gasteiger charge is -2.37. The second kappa shape index (κ2) is 5.36. The molecule has 0 aromatic rings. The fourth-order valence-corrected chi connectivity index (χ4v) is 3.59. The van der Waals surface area contributed by atoms with Crippen LogP contribution in [0.2, 0.25) is 0 Å². The molecule has 3 N–H and O–H groups in total. The van der Waals surface area contributed by atoms with Gasteiger partial charge in [0.15, 0.2) is 0 Å². The minimum atomic E-state index is -0.0447. The number of nitrogens with zero attached hydrogens (tertiary/aromatic N) is 1. The number of carbonyl (C=O) groups excluding carboxylic acids is 1. The number of hydrogen-bond donors (Lipinski definition) is 2. The first-order valence-corrected chi connectivity index (χ1v) is 6.91. The van der Waals surface area contributed by atoms with Crippen molar-refractivity contribution in [2.45, 2.75) is 58.0 Å². The third-order valence-corrected chi connectivity index (χ3v) is 4.86. The summed E-state index contributed by atoms with van der Waals surface area (Å²) in [5, 5.41) is 0. The van der Waals surface area contributed by atoms with Gasteiger partial charge in [-0.15, -0.1) is 0 Å². The van der Waals surface area contributed by atoms with Gasteiger partial charge in [0.25, 0.3) is 0 Å². The van der Waals surface area contributed by atoms with Crippen molar-refractivity contribution in [2.24, 2.45) is 17.7 Å². The SMILES string of the molecule is CC(C(=O)NN)C(C)N1CCC2CCCCC21. The van der Waals surface area contributed by atoms with Crippen molar-refractivity contribution in [3.05, 3.63) is 0 Å². The number of likely N-dealkylation sites (tertiary alicyclic amines) is 1. The molecule has 0 aromatic heterocycles. The monoisotopic (exact) mass is 239 g/mol. The van der Waals surface area contributed by atoms with Gasteiger partial charge in [-0.3, -0.25) is 15.1 Å². The molecule has 2 aliphatic rings. The predicted molar refractivity (Wildman–Crippen MR) is 68.0 cm³/mol. The maximum absolute atomic E-state index is 11.6. The van der Waals surface area contributed by atoms with Gasteiger partial charge >= 0.3 is 0 Å². The molecule has 4 nitrogen and oxygen atoms in total. The van der Waals surface area contributed by atoms with Gasteiger partial charge in [-0.25, -0.2) is 5.84 Å². The summed E-state index contributed by atoms with van der Waals surface area (Å²) in [6.45, 7) is 5.29. The van der Waals surface area contributed by atoms with Crippen molar-refractivity contribution in [3.63, 3.8) is 0 Å². The van der Waals surface area contributed by atoms with Crippen molar-refractivity contribution < 1.29 is 4.79 Å². The largest absolute Gasteiger partial charge is 0.297 e. The average molecular weight is 239 g/mol. The molecule has 0 radical (unpaired) electrons. The molecule has 98 valence electrons. The van der Waals surface area contributed by atoms with Crippen LogP contribution in [0.3, 0.4) is 0 Å². The van der Waals surface area contributed by atoms with Gasteiger partial charge in [0.05, 0.1) is 5.92 Å². The Morgan fingerprint density at radius 1 is 1.29 bits per heavy atom. The molecule has 1 saturated carbocycles. The molecule has 17 heavy (non-hydrogen) atoms. The van der Waals surface area contributed by atoms with E-state index in [4.69, 9.17) is 5.84 Å². The zero-order valence-electron chi connectivity index (χ0n) is 11.0. The molecule has 0 aromatic carbocycles. The molecule has 2 fully saturated rings. The Labute approximate surface area is 104 Å². The number of hydrogen-bond acceptors (Lipinski definition) is 3. The van der Waals surface area contributed by atoms with Crippen LogP contribution in [0.15, 0.2) is 0 Å². The van der Waals surface area contributed by atoms with E-state index in [2.05, 4.69) is 17.2 Å². The highest BCUT2D eigenvalue weighted by molar-refractivity contribution is 5.78. The molecule has 4 atom stereocenters. The van der Waals surface area contributed by atoms with Gasteiger partial charge in [-0.05, 0) is 38.6 Å². The number of nitrogens with one attached hydrogen (secondary N) is 1. The van der Waals surface area contributed by atoms with Crippen molar-refractivity contribution in [1.29, 1.82) is 0 Å². The van der Waals surface area contributed by atoms with Crippen LogP contribution in [0.1, 0.15) is 46.0 Å². The molecule has 1 aliphatic heterocycles. The zero-order chi connectivity index (χ0) is 12.4. The summed E-state index contributed by atoms with van der Waals surface area (Å²) in [6.07, 6.45) is 6.74. The molecule has 0 spiro atoms. The van der Waals surface area contributed by atoms with E-state index in [-0.39, 0.29) is 11.8 Å². The fraction of sp³-hybridized carbons (Fsp3) is 0.923. The van der Waals surface area contributed by atoms with Crippen molar-refractivity contribution in [2.75, 3.05) is 6.54 Å². The molecule has 4 heteroatoms. The zero-order valence-corrected chi connectivity index (χ0v) is 11.0. The third-order valence-electron chi connectivity index (χ3n) is 4.86. The van der Waals surface area contributed by atoms with Crippen LogP contribution < -0.4 is 11.3 Å². The molecule has 4 unspecified atom stereocenters. The Morgan fingerprint density at radius 2 is 2.00 bits per heavy atom. The topological polar surface area (TPSA) is 58.4 Å². The minimum Gasteiger partial charge on any atom is -0.297 e. The van der Waals surface area contributed by atoms with Crippen LogP contribution in [-0.4, -0.2) is 29.4 Å². The molecule has 1 heterocycles. The highest BCUT2D eigenvalue weighted by Gasteiger charge is 2.39. The Balaban J connectivity index is 1.99. The van der Waals surface area contributed by atoms with Gasteiger partial charge in [-0.2, -0.15) is 0 Å². The van der Waals surface area contributed by atoms with E-state index in [1.165, 1.54) is 32.1 Å². The van der Waals surface area contributed by atoms with E-state index in [9.17, 15) is 4.79 Å². The summed E-state index contributed by atoms with van der Waals surface area (Å²) < 4.78 is 0. The smallest absolute Gasteiger partial charge is 0.238 e. The third kappa shape index (κ3) is 2.47. The van der Waals surface area contributed by atoms with E-state index >= 15 is 0 Å². The number of amides is 1. The van der Waals surface area contributed by atoms with Gasteiger partial charge in [0.2, 0.25) is 5.91 Å². The quantitative estimate of drug-likeness (QED) is 0.443. The van der Waals surface area contributed by atoms with Crippen LogP contribution in [0.25, 0.3) is 0 Å². The van der Waals surface area contributed by atoms with Gasteiger partial charge in [0, 0.05) is 12.1 Å². The summed E-state index contributed by atoms with van der Waals surface area (Å²) in [7, 11) is 0. The van der Waals surface area contributed by atoms with Gasteiger partial charge in [0.1, 0.15) is 0 Å². The van der Waals surface area contributed by atoms with Crippen LogP contribution >= 0.6 is 0 Å². The Kier molecular flexibility index (Phi) is 4.05. The van der Waals surface area contributed by atoms with E-state index in [1.54, 1.807) is 0 Å². The van der Waals surface area contributed by atoms with Crippen molar-refractivity contribution >= 4 is 5.91 Å². The number of hydrazine groups is 1. The van der Waals surface area contributed by atoms with E-state index in [1.807, 2.05) is 6.92 Å². The second-order valence-electron chi connectivity index (χ2n) is 5.68. The predicted octanol–water partition coefficient (Wildman–Crippen LogP) is 1.27. The summed E-state index contributed by atoms with van der Waals surface area (Å²) in [5.74, 6) is 6.03. The lowest BCUT2D eigenvalue weighted by atomic mass is 9.84. The molecule has 1 saturated heterocycles. The van der Waals surface area contributed by atoms with Crippen molar-refractivity contribution in [1.82, 2.24) is 10.3 Å². The molecule has 1 amide bonds. The molecular weight excluding hydrogens is 214 g/mol. The Bertz CT molecular complexity index is 282. The number of fused-ring (bicyclic) bond motifs is 1. The summed E-state index contributed by atoms with van der Waals surface area (Å²) in [4.78, 5) is 14.2. The summed E-state index contributed by atoms with van der Waals surface area (Å²) in [5.41, 5.74) is 2.28. The van der Waals surface area contributed by atoms with E-state index in [0.29, 0.717) is 12.1 Å². The Morgan fingerprint density at radius 3 is 2.71 bits per heavy atom. The maximum Gasteiger partial charge on any atom is 0.238 e. The number of nitrogens with two attached hydrogens (primary N) is 1. The van der Waals surface area contributed by atoms with Crippen LogP contribution in [0.5, 0.6) is 0 Å². The van der Waals surface area contributed by atoms with Crippen LogP contribution in [-0.2, 0) is 4.79 Å². The second-order valence-corrected chi connectivity index (χ2v) is 5.68. The van der Waals surface area contributed by atoms with E-state index < -0.39 is 0 Å². The lowest BCUT2D eigenvalue weighted by molar-refractivity contribution is -0.126. The average Bonchev–Trinajstić information content (AvgIpc) is 2.79. The molecule has 1 aliphatic carbocycles. The van der Waals surface area contributed by atoms with Crippen LogP contribution in [0.4, 0.5) is 0 Å². The highest BCUT2D eigenvalue weighted by Crippen LogP contribution is 2.38. The van der Waals surface area contributed by atoms with Gasteiger partial charge in [-0.1, -0.05) is 19.8 Å². The lowest BCUT2D eigenvalue weighted by Crippen LogP contribution is -2.48. The van der Waals surface area contributed by atoms with Crippen molar-refractivity contribution in [3.8, 4) is 0 Å². The molecule has 2 rings (SSSR count). The van der Waals surface area contributed by atoms with E-state index in [0.717, 1.165) is 12.5 Å². The maximum atomic E-state index is 11.6. The number of carbonyl (C=O) groups is 1. The Hall–Kier alpha value is -0.610.